The molecular formula is C19H22FNO3. The molecular weight excluding hydrogens is 309 g/mol. The third kappa shape index (κ3) is 4.51. The van der Waals surface area contributed by atoms with Gasteiger partial charge in [0, 0.05) is 32.1 Å². The van der Waals surface area contributed by atoms with Crippen molar-refractivity contribution >= 4 is 5.78 Å². The topological polar surface area (TPSA) is 52.3 Å². The lowest BCUT2D eigenvalue weighted by Crippen LogP contribution is -2.05. The van der Waals surface area contributed by atoms with E-state index in [1.165, 1.54) is 6.07 Å². The second-order valence-electron chi connectivity index (χ2n) is 6.31. The third-order valence-electron chi connectivity index (χ3n) is 4.48. The summed E-state index contributed by atoms with van der Waals surface area (Å²) in [7, 11) is 0. The summed E-state index contributed by atoms with van der Waals surface area (Å²) in [6.45, 7) is 1.56. The van der Waals surface area contributed by atoms with Crippen LogP contribution >= 0.6 is 0 Å². The van der Waals surface area contributed by atoms with Gasteiger partial charge in [-0.15, -0.1) is 0 Å². The number of Topliss-reactive ketones (excluding diaryl/α,β-unsaturated/α-hetero) is 1. The van der Waals surface area contributed by atoms with Crippen LogP contribution in [0, 0.1) is 11.7 Å². The Balaban J connectivity index is 1.44. The summed E-state index contributed by atoms with van der Waals surface area (Å²) in [6.07, 6.45) is 4.39. The molecule has 0 aliphatic carbocycles. The van der Waals surface area contributed by atoms with E-state index < -0.39 is 0 Å². The van der Waals surface area contributed by atoms with Crippen molar-refractivity contribution in [2.75, 3.05) is 13.2 Å². The Morgan fingerprint density at radius 3 is 2.96 bits per heavy atom. The van der Waals surface area contributed by atoms with Gasteiger partial charge in [0.15, 0.2) is 5.78 Å². The predicted octanol–water partition coefficient (Wildman–Crippen LogP) is 3.99. The molecule has 1 aliphatic rings. The standard InChI is InChI=1S/C19H22FNO3/c20-17-7-2-1-4-15(17)5-3-6-16-12-18(21-24-16)19(22)9-8-14-10-11-23-13-14/h1-2,4,7,12,14H,3,5-6,8-11,13H2. The Morgan fingerprint density at radius 1 is 1.29 bits per heavy atom. The molecule has 1 fully saturated rings. The average Bonchev–Trinajstić information content (AvgIpc) is 3.26. The van der Waals surface area contributed by atoms with Crippen molar-refractivity contribution in [3.8, 4) is 0 Å². The highest BCUT2D eigenvalue weighted by Gasteiger charge is 2.19. The van der Waals surface area contributed by atoms with Crippen LogP contribution in [0.3, 0.4) is 0 Å². The maximum atomic E-state index is 13.5. The van der Waals surface area contributed by atoms with Crippen molar-refractivity contribution in [2.24, 2.45) is 5.92 Å². The normalized spacial score (nSPS) is 17.3. The van der Waals surface area contributed by atoms with Crippen LogP contribution in [0.15, 0.2) is 34.9 Å². The predicted molar refractivity (Wildman–Crippen MR) is 87.4 cm³/mol. The third-order valence-corrected chi connectivity index (χ3v) is 4.48. The molecule has 1 aromatic heterocycles. The summed E-state index contributed by atoms with van der Waals surface area (Å²) >= 11 is 0. The van der Waals surface area contributed by atoms with Gasteiger partial charge in [-0.3, -0.25) is 4.79 Å². The van der Waals surface area contributed by atoms with Crippen LogP contribution in [0.25, 0.3) is 0 Å². The fourth-order valence-corrected chi connectivity index (χ4v) is 2.99. The first kappa shape index (κ1) is 16.8. The summed E-state index contributed by atoms with van der Waals surface area (Å²) in [5, 5.41) is 3.87. The van der Waals surface area contributed by atoms with Crippen LogP contribution in [-0.2, 0) is 17.6 Å². The summed E-state index contributed by atoms with van der Waals surface area (Å²) in [5.74, 6) is 1.01. The molecule has 0 spiro atoms. The van der Waals surface area contributed by atoms with E-state index in [1.807, 2.05) is 6.07 Å². The molecule has 1 unspecified atom stereocenters. The highest BCUT2D eigenvalue weighted by Crippen LogP contribution is 2.20. The van der Waals surface area contributed by atoms with Gasteiger partial charge in [-0.25, -0.2) is 4.39 Å². The highest BCUT2D eigenvalue weighted by molar-refractivity contribution is 5.94. The van der Waals surface area contributed by atoms with Crippen molar-refractivity contribution < 1.29 is 18.4 Å². The molecule has 5 heteroatoms. The summed E-state index contributed by atoms with van der Waals surface area (Å²) < 4.78 is 24.1. The van der Waals surface area contributed by atoms with E-state index in [0.717, 1.165) is 32.5 Å². The summed E-state index contributed by atoms with van der Waals surface area (Å²) in [6, 6.07) is 8.49. The zero-order valence-corrected chi connectivity index (χ0v) is 13.7. The smallest absolute Gasteiger partial charge is 0.184 e. The maximum absolute atomic E-state index is 13.5. The molecule has 1 saturated heterocycles. The number of nitrogens with zero attached hydrogens (tertiary/aromatic N) is 1. The number of carbonyl (C=O) groups excluding carboxylic acids is 1. The van der Waals surface area contributed by atoms with E-state index in [4.69, 9.17) is 9.26 Å². The summed E-state index contributed by atoms with van der Waals surface area (Å²) in [4.78, 5) is 12.1. The van der Waals surface area contributed by atoms with Crippen molar-refractivity contribution in [3.05, 3.63) is 53.2 Å². The molecule has 0 radical (unpaired) electrons. The lowest BCUT2D eigenvalue weighted by molar-refractivity contribution is 0.0962. The monoisotopic (exact) mass is 331 g/mol. The molecule has 1 aromatic carbocycles. The minimum absolute atomic E-state index is 0.0194. The molecule has 2 heterocycles. The summed E-state index contributed by atoms with van der Waals surface area (Å²) in [5.41, 5.74) is 1.10. The molecule has 24 heavy (non-hydrogen) atoms. The van der Waals surface area contributed by atoms with E-state index in [0.29, 0.717) is 42.2 Å². The lowest BCUT2D eigenvalue weighted by atomic mass is 10.00. The fourth-order valence-electron chi connectivity index (χ4n) is 2.99. The second-order valence-corrected chi connectivity index (χ2v) is 6.31. The number of aromatic nitrogens is 1. The maximum Gasteiger partial charge on any atom is 0.184 e. The van der Waals surface area contributed by atoms with Crippen LogP contribution in [0.4, 0.5) is 4.39 Å². The van der Waals surface area contributed by atoms with Gasteiger partial charge in [0.2, 0.25) is 0 Å². The van der Waals surface area contributed by atoms with E-state index in [-0.39, 0.29) is 11.6 Å². The van der Waals surface area contributed by atoms with Gasteiger partial charge in [-0.1, -0.05) is 23.4 Å². The quantitative estimate of drug-likeness (QED) is 0.686. The minimum Gasteiger partial charge on any atom is -0.381 e. The van der Waals surface area contributed by atoms with Crippen LogP contribution in [0.2, 0.25) is 0 Å². The Bertz CT molecular complexity index is 677. The van der Waals surface area contributed by atoms with Gasteiger partial charge in [0.1, 0.15) is 17.3 Å². The largest absolute Gasteiger partial charge is 0.381 e. The fraction of sp³-hybridized carbons (Fsp3) is 0.474. The van der Waals surface area contributed by atoms with Gasteiger partial charge in [-0.05, 0) is 43.2 Å². The van der Waals surface area contributed by atoms with Crippen molar-refractivity contribution in [2.45, 2.75) is 38.5 Å². The molecule has 0 N–H and O–H groups in total. The lowest BCUT2D eigenvalue weighted by Gasteiger charge is -2.04. The molecule has 0 amide bonds. The van der Waals surface area contributed by atoms with E-state index in [9.17, 15) is 9.18 Å². The van der Waals surface area contributed by atoms with E-state index in [2.05, 4.69) is 5.16 Å². The minimum atomic E-state index is -0.179. The molecule has 3 rings (SSSR count). The number of ketones is 1. The van der Waals surface area contributed by atoms with E-state index >= 15 is 0 Å². The first-order chi connectivity index (χ1) is 11.7. The van der Waals surface area contributed by atoms with Crippen molar-refractivity contribution in [3.63, 3.8) is 0 Å². The van der Waals surface area contributed by atoms with Gasteiger partial charge in [0.25, 0.3) is 0 Å². The first-order valence-electron chi connectivity index (χ1n) is 8.52. The van der Waals surface area contributed by atoms with Crippen LogP contribution in [0.5, 0.6) is 0 Å². The number of benzene rings is 1. The van der Waals surface area contributed by atoms with Crippen LogP contribution in [0.1, 0.15) is 47.5 Å². The zero-order chi connectivity index (χ0) is 16.8. The molecule has 0 saturated carbocycles. The van der Waals surface area contributed by atoms with Gasteiger partial charge >= 0.3 is 0 Å². The Labute approximate surface area is 141 Å². The van der Waals surface area contributed by atoms with E-state index in [1.54, 1.807) is 18.2 Å². The van der Waals surface area contributed by atoms with Gasteiger partial charge < -0.3 is 9.26 Å². The second kappa shape index (κ2) is 8.20. The molecule has 4 nitrogen and oxygen atoms in total. The van der Waals surface area contributed by atoms with Crippen molar-refractivity contribution in [1.82, 2.24) is 5.16 Å². The first-order valence-corrected chi connectivity index (χ1v) is 8.52. The number of halogens is 1. The Morgan fingerprint density at radius 2 is 2.17 bits per heavy atom. The van der Waals surface area contributed by atoms with Gasteiger partial charge in [0.05, 0.1) is 0 Å². The van der Waals surface area contributed by atoms with Crippen LogP contribution < -0.4 is 0 Å². The number of carbonyl (C=O) groups is 1. The average molecular weight is 331 g/mol. The van der Waals surface area contributed by atoms with Crippen LogP contribution in [-0.4, -0.2) is 24.2 Å². The molecule has 0 bridgehead atoms. The number of hydrogen-bond acceptors (Lipinski definition) is 4. The molecule has 128 valence electrons. The van der Waals surface area contributed by atoms with Gasteiger partial charge in [-0.2, -0.15) is 0 Å². The molecule has 1 aliphatic heterocycles. The van der Waals surface area contributed by atoms with Crippen molar-refractivity contribution in [1.29, 1.82) is 0 Å². The number of aryl methyl sites for hydroxylation is 2. The Hall–Kier alpha value is -2.01. The number of hydrogen-bond donors (Lipinski definition) is 0. The molecule has 2 aromatic rings. The number of ether oxygens (including phenoxy) is 1. The Kier molecular flexibility index (Phi) is 5.75. The zero-order valence-electron chi connectivity index (χ0n) is 13.7. The SMILES string of the molecule is O=C(CCC1CCOC1)c1cc(CCCc2ccccc2F)on1. The highest BCUT2D eigenvalue weighted by atomic mass is 19.1. The number of rotatable bonds is 8. The molecule has 1 atom stereocenters.